The molecular weight excluding hydrogens is 492 g/mol. The zero-order valence-corrected chi connectivity index (χ0v) is 22.2. The summed E-state index contributed by atoms with van der Waals surface area (Å²) in [6.07, 6.45) is 3.84. The number of carbonyl (C=O) groups is 1. The number of carbonyl (C=O) groups excluding carboxylic acids is 1. The van der Waals surface area contributed by atoms with Crippen molar-refractivity contribution in [3.05, 3.63) is 79.2 Å². The summed E-state index contributed by atoms with van der Waals surface area (Å²) in [5.74, 6) is 0.589. The third-order valence-electron chi connectivity index (χ3n) is 6.09. The highest BCUT2D eigenvalue weighted by atomic mass is 32.2. The van der Waals surface area contributed by atoms with E-state index < -0.39 is 0 Å². The SMILES string of the molecule is CCN1/C(=C\C=c2\s/c(=C3/C(=O)N(c4ccccc4)N=C3C)n(CC)c2=O)Sc2ccc(OC)cc21. The lowest BCUT2D eigenvalue weighted by Crippen LogP contribution is -2.33. The molecule has 0 saturated heterocycles. The first-order chi connectivity index (χ1) is 17.5. The Balaban J connectivity index is 1.58. The van der Waals surface area contributed by atoms with Crippen LogP contribution in [0.1, 0.15) is 20.8 Å². The molecule has 0 aliphatic carbocycles. The number of methoxy groups -OCH3 is 1. The predicted molar refractivity (Wildman–Crippen MR) is 148 cm³/mol. The van der Waals surface area contributed by atoms with E-state index in [0.717, 1.165) is 27.9 Å². The Morgan fingerprint density at radius 3 is 2.50 bits per heavy atom. The van der Waals surface area contributed by atoms with Crippen LogP contribution in [-0.4, -0.2) is 29.8 Å². The molecule has 1 amide bonds. The number of ether oxygens (including phenoxy) is 1. The van der Waals surface area contributed by atoms with E-state index in [2.05, 4.69) is 23.0 Å². The summed E-state index contributed by atoms with van der Waals surface area (Å²) < 4.78 is 8.27. The van der Waals surface area contributed by atoms with Crippen LogP contribution in [0.3, 0.4) is 0 Å². The van der Waals surface area contributed by atoms with Crippen LogP contribution < -0.4 is 29.4 Å². The summed E-state index contributed by atoms with van der Waals surface area (Å²) in [4.78, 5) is 30.0. The highest BCUT2D eigenvalue weighted by molar-refractivity contribution is 8.03. The highest BCUT2D eigenvalue weighted by Crippen LogP contribution is 2.47. The number of hydrogen-bond donors (Lipinski definition) is 0. The van der Waals surface area contributed by atoms with Gasteiger partial charge in [-0.25, -0.2) is 0 Å². The van der Waals surface area contributed by atoms with Crippen molar-refractivity contribution in [3.8, 4) is 5.75 Å². The third-order valence-corrected chi connectivity index (χ3v) is 8.37. The maximum Gasteiger partial charge on any atom is 0.283 e. The molecule has 0 saturated carbocycles. The van der Waals surface area contributed by atoms with Gasteiger partial charge in [-0.1, -0.05) is 30.0 Å². The molecule has 0 fully saturated rings. The number of thioether (sulfide) groups is 1. The van der Waals surface area contributed by atoms with E-state index in [0.29, 0.717) is 32.7 Å². The summed E-state index contributed by atoms with van der Waals surface area (Å²) >= 11 is 3.00. The normalized spacial score (nSPS) is 18.3. The molecule has 184 valence electrons. The monoisotopic (exact) mass is 518 g/mol. The van der Waals surface area contributed by atoms with E-state index in [1.165, 1.54) is 16.3 Å². The minimum atomic E-state index is -0.222. The van der Waals surface area contributed by atoms with Gasteiger partial charge in [0.2, 0.25) is 0 Å². The highest BCUT2D eigenvalue weighted by Gasteiger charge is 2.31. The van der Waals surface area contributed by atoms with E-state index >= 15 is 0 Å². The molecule has 1 aromatic heterocycles. The number of fused-ring (bicyclic) bond motifs is 1. The fourth-order valence-corrected chi connectivity index (χ4v) is 6.62. The van der Waals surface area contributed by atoms with Gasteiger partial charge in [0, 0.05) is 24.1 Å². The van der Waals surface area contributed by atoms with Gasteiger partial charge in [-0.2, -0.15) is 10.1 Å². The van der Waals surface area contributed by atoms with Gasteiger partial charge in [0.05, 0.1) is 39.3 Å². The molecule has 0 N–H and O–H groups in total. The molecular formula is C27H26N4O3S2. The predicted octanol–water partition coefficient (Wildman–Crippen LogP) is 3.77. The first-order valence-electron chi connectivity index (χ1n) is 11.7. The molecule has 0 spiro atoms. The van der Waals surface area contributed by atoms with Crippen molar-refractivity contribution in [3.63, 3.8) is 0 Å². The number of hydrazone groups is 1. The van der Waals surface area contributed by atoms with Crippen molar-refractivity contribution in [2.24, 2.45) is 5.10 Å². The van der Waals surface area contributed by atoms with Crippen LogP contribution in [0.2, 0.25) is 0 Å². The van der Waals surface area contributed by atoms with Gasteiger partial charge in [-0.15, -0.1) is 11.3 Å². The number of rotatable bonds is 5. The molecule has 2 aliphatic heterocycles. The van der Waals surface area contributed by atoms with Gasteiger partial charge >= 0.3 is 0 Å². The molecule has 0 unspecified atom stereocenters. The quantitative estimate of drug-likeness (QED) is 0.515. The summed E-state index contributed by atoms with van der Waals surface area (Å²) in [7, 11) is 1.66. The Labute approximate surface area is 217 Å². The molecule has 2 aromatic carbocycles. The van der Waals surface area contributed by atoms with Crippen LogP contribution in [-0.2, 0) is 11.3 Å². The molecule has 3 heterocycles. The first-order valence-corrected chi connectivity index (χ1v) is 13.3. The van der Waals surface area contributed by atoms with Crippen molar-refractivity contribution < 1.29 is 9.53 Å². The summed E-state index contributed by atoms with van der Waals surface area (Å²) in [6, 6.07) is 15.4. The standard InChI is InChI=1S/C27H26N4O3S2/c1-5-29-20-16-19(34-4)12-13-21(20)35-23(29)15-14-22-25(32)30(6-2)27(36-22)24-17(3)28-31(26(24)33)18-10-8-7-9-11-18/h7-16H,5-6H2,1-4H3/b22-14+,23-15+,27-24+. The van der Waals surface area contributed by atoms with Crippen LogP contribution in [0.4, 0.5) is 11.4 Å². The zero-order valence-electron chi connectivity index (χ0n) is 20.5. The van der Waals surface area contributed by atoms with Gasteiger partial charge in [0.15, 0.2) is 0 Å². The Morgan fingerprint density at radius 1 is 1.03 bits per heavy atom. The fourth-order valence-electron chi connectivity index (χ4n) is 4.31. The van der Waals surface area contributed by atoms with Crippen LogP contribution in [0.15, 0.2) is 74.4 Å². The van der Waals surface area contributed by atoms with E-state index in [4.69, 9.17) is 4.74 Å². The topological polar surface area (TPSA) is 67.1 Å². The minimum Gasteiger partial charge on any atom is -0.497 e. The first kappa shape index (κ1) is 24.1. The second-order valence-electron chi connectivity index (χ2n) is 8.19. The van der Waals surface area contributed by atoms with Crippen molar-refractivity contribution >= 4 is 57.7 Å². The van der Waals surface area contributed by atoms with Gasteiger partial charge in [-0.05, 0) is 57.2 Å². The van der Waals surface area contributed by atoms with Crippen molar-refractivity contribution in [1.29, 1.82) is 0 Å². The van der Waals surface area contributed by atoms with Crippen LogP contribution in [0.25, 0.3) is 11.6 Å². The largest absolute Gasteiger partial charge is 0.497 e. The molecule has 0 atom stereocenters. The summed E-state index contributed by atoms with van der Waals surface area (Å²) in [6.45, 7) is 7.08. The molecule has 5 rings (SSSR count). The van der Waals surface area contributed by atoms with E-state index in [1.807, 2.05) is 68.5 Å². The van der Waals surface area contributed by atoms with Crippen molar-refractivity contribution in [2.45, 2.75) is 32.2 Å². The molecule has 9 heteroatoms. The third kappa shape index (κ3) is 4.08. The van der Waals surface area contributed by atoms with Crippen LogP contribution in [0.5, 0.6) is 5.75 Å². The van der Waals surface area contributed by atoms with Gasteiger partial charge in [0.25, 0.3) is 11.5 Å². The maximum absolute atomic E-state index is 13.4. The van der Waals surface area contributed by atoms with Gasteiger partial charge in [-0.3, -0.25) is 14.2 Å². The Kier molecular flexibility index (Phi) is 6.59. The lowest BCUT2D eigenvalue weighted by Gasteiger charge is -2.18. The fraction of sp³-hybridized carbons (Fsp3) is 0.222. The number of thiazole rings is 1. The second kappa shape index (κ2) is 9.83. The second-order valence-corrected chi connectivity index (χ2v) is 10.3. The number of hydrogen-bond acceptors (Lipinski definition) is 7. The van der Waals surface area contributed by atoms with E-state index in [-0.39, 0.29) is 11.5 Å². The van der Waals surface area contributed by atoms with E-state index in [9.17, 15) is 9.59 Å². The lowest BCUT2D eigenvalue weighted by atomic mass is 10.2. The Bertz CT molecular complexity index is 1590. The van der Waals surface area contributed by atoms with E-state index in [1.54, 1.807) is 23.4 Å². The number of amides is 1. The number of nitrogens with zero attached hydrogens (tertiary/aromatic N) is 4. The number of para-hydroxylation sites is 1. The molecule has 3 aromatic rings. The number of benzene rings is 2. The smallest absolute Gasteiger partial charge is 0.283 e. The van der Waals surface area contributed by atoms with Crippen molar-refractivity contribution in [1.82, 2.24) is 4.57 Å². The average molecular weight is 519 g/mol. The Hall–Kier alpha value is -3.56. The summed E-state index contributed by atoms with van der Waals surface area (Å²) in [5.41, 5.74) is 2.76. The summed E-state index contributed by atoms with van der Waals surface area (Å²) in [5, 5.41) is 6.93. The van der Waals surface area contributed by atoms with Gasteiger partial charge in [0.1, 0.15) is 10.4 Å². The molecule has 0 bridgehead atoms. The average Bonchev–Trinajstić information content (AvgIpc) is 3.51. The van der Waals surface area contributed by atoms with Gasteiger partial charge < -0.3 is 9.64 Å². The van der Waals surface area contributed by atoms with Crippen LogP contribution >= 0.6 is 23.1 Å². The van der Waals surface area contributed by atoms with Crippen molar-refractivity contribution in [2.75, 3.05) is 23.6 Å². The maximum atomic E-state index is 13.4. The zero-order chi connectivity index (χ0) is 25.4. The number of aromatic nitrogens is 1. The lowest BCUT2D eigenvalue weighted by molar-refractivity contribution is -0.112. The number of allylic oxidation sites excluding steroid dienone is 1. The number of anilines is 2. The molecule has 0 radical (unpaired) electrons. The van der Waals surface area contributed by atoms with Crippen LogP contribution in [0, 0.1) is 0 Å². The Morgan fingerprint density at radius 2 is 1.81 bits per heavy atom. The minimum absolute atomic E-state index is 0.106. The molecule has 2 aliphatic rings. The molecule has 36 heavy (non-hydrogen) atoms. The molecule has 7 nitrogen and oxygen atoms in total.